The summed E-state index contributed by atoms with van der Waals surface area (Å²) in [6.07, 6.45) is 0.477. The van der Waals surface area contributed by atoms with Gasteiger partial charge >= 0.3 is 0 Å². The lowest BCUT2D eigenvalue weighted by atomic mass is 10.2. The molecule has 0 aliphatic rings. The Morgan fingerprint density at radius 2 is 2.29 bits per heavy atom. The molecule has 1 aromatic heterocycles. The first-order valence-corrected chi connectivity index (χ1v) is 8.35. The van der Waals surface area contributed by atoms with Gasteiger partial charge in [-0.05, 0) is 26.0 Å². The lowest BCUT2D eigenvalue weighted by molar-refractivity contribution is -0.117. The van der Waals surface area contributed by atoms with Gasteiger partial charge in [0.2, 0.25) is 5.91 Å². The quantitative estimate of drug-likeness (QED) is 0.825. The number of amides is 1. The number of ether oxygens (including phenoxy) is 1. The van der Waals surface area contributed by atoms with E-state index in [1.807, 2.05) is 43.5 Å². The fraction of sp³-hybridized carbons (Fsp3) is 0.333. The van der Waals surface area contributed by atoms with Crippen molar-refractivity contribution in [3.05, 3.63) is 34.1 Å². The van der Waals surface area contributed by atoms with Crippen LogP contribution in [-0.2, 0) is 9.53 Å². The summed E-state index contributed by atoms with van der Waals surface area (Å²) in [6, 6.07) is 7.91. The maximum Gasteiger partial charge on any atom is 0.228 e. The largest absolute Gasteiger partial charge is 0.378 e. The monoisotopic (exact) mass is 368 g/mol. The van der Waals surface area contributed by atoms with Gasteiger partial charge in [0.1, 0.15) is 0 Å². The molecule has 4 nitrogen and oxygen atoms in total. The third-order valence-electron chi connectivity index (χ3n) is 2.65. The van der Waals surface area contributed by atoms with Gasteiger partial charge in [-0.15, -0.1) is 11.3 Å². The number of benzene rings is 1. The second-order valence-electron chi connectivity index (χ2n) is 4.77. The molecule has 0 aliphatic carbocycles. The van der Waals surface area contributed by atoms with E-state index >= 15 is 0 Å². The average Bonchev–Trinajstić information content (AvgIpc) is 2.86. The zero-order valence-corrected chi connectivity index (χ0v) is 14.3. The van der Waals surface area contributed by atoms with Crippen LogP contribution in [0.15, 0.2) is 34.1 Å². The fourth-order valence-corrected chi connectivity index (χ4v) is 2.82. The molecule has 0 unspecified atom stereocenters. The van der Waals surface area contributed by atoms with E-state index in [2.05, 4.69) is 26.2 Å². The Kier molecular flexibility index (Phi) is 5.90. The lowest BCUT2D eigenvalue weighted by Crippen LogP contribution is -2.15. The summed E-state index contributed by atoms with van der Waals surface area (Å²) in [5, 5.41) is 5.34. The minimum absolute atomic E-state index is 0.0780. The van der Waals surface area contributed by atoms with Crippen molar-refractivity contribution >= 4 is 38.3 Å². The Labute approximate surface area is 136 Å². The molecule has 0 aliphatic heterocycles. The van der Waals surface area contributed by atoms with Crippen LogP contribution >= 0.6 is 27.3 Å². The molecule has 0 spiro atoms. The van der Waals surface area contributed by atoms with E-state index in [1.54, 1.807) is 0 Å². The van der Waals surface area contributed by atoms with Crippen LogP contribution in [-0.4, -0.2) is 23.6 Å². The molecule has 1 heterocycles. The van der Waals surface area contributed by atoms with Crippen LogP contribution in [0.5, 0.6) is 0 Å². The van der Waals surface area contributed by atoms with E-state index in [1.165, 1.54) is 11.3 Å². The summed E-state index contributed by atoms with van der Waals surface area (Å²) in [5.74, 6) is -0.0780. The number of anilines is 1. The van der Waals surface area contributed by atoms with E-state index in [4.69, 9.17) is 4.74 Å². The number of thiazole rings is 1. The number of aromatic nitrogens is 1. The zero-order chi connectivity index (χ0) is 15.2. The molecule has 0 saturated carbocycles. The summed E-state index contributed by atoms with van der Waals surface area (Å²) < 4.78 is 6.36. The number of hydrogen-bond acceptors (Lipinski definition) is 4. The van der Waals surface area contributed by atoms with Crippen molar-refractivity contribution in [1.29, 1.82) is 0 Å². The van der Waals surface area contributed by atoms with Crippen LogP contribution in [0.4, 0.5) is 5.13 Å². The standard InChI is InChI=1S/C15H17BrN2O2S/c1-10(2)20-7-6-14(19)18-15-17-13(9-21-15)11-4-3-5-12(16)8-11/h3-5,8-10H,6-7H2,1-2H3,(H,17,18,19). The first-order chi connectivity index (χ1) is 10.0. The Bertz CT molecular complexity index is 613. The number of nitrogens with one attached hydrogen (secondary N) is 1. The van der Waals surface area contributed by atoms with E-state index in [0.717, 1.165) is 15.7 Å². The van der Waals surface area contributed by atoms with Crippen LogP contribution in [0.25, 0.3) is 11.3 Å². The van der Waals surface area contributed by atoms with E-state index < -0.39 is 0 Å². The number of hydrogen-bond donors (Lipinski definition) is 1. The van der Waals surface area contributed by atoms with Gasteiger partial charge in [-0.2, -0.15) is 0 Å². The minimum atomic E-state index is -0.0780. The van der Waals surface area contributed by atoms with Crippen molar-refractivity contribution < 1.29 is 9.53 Å². The highest BCUT2D eigenvalue weighted by Gasteiger charge is 2.08. The Morgan fingerprint density at radius 1 is 1.48 bits per heavy atom. The molecule has 6 heteroatoms. The predicted octanol–water partition coefficient (Wildman–Crippen LogP) is 4.33. The summed E-state index contributed by atoms with van der Waals surface area (Å²) >= 11 is 4.86. The fourth-order valence-electron chi connectivity index (χ4n) is 1.68. The molecule has 2 aromatic rings. The van der Waals surface area contributed by atoms with Crippen molar-refractivity contribution in [2.45, 2.75) is 26.4 Å². The molecule has 1 N–H and O–H groups in total. The highest BCUT2D eigenvalue weighted by molar-refractivity contribution is 9.10. The molecule has 1 amide bonds. The Balaban J connectivity index is 1.93. The Hall–Kier alpha value is -1.24. The number of nitrogens with zero attached hydrogens (tertiary/aromatic N) is 1. The highest BCUT2D eigenvalue weighted by Crippen LogP contribution is 2.26. The average molecular weight is 369 g/mol. The second kappa shape index (κ2) is 7.68. The molecule has 0 saturated heterocycles. The zero-order valence-electron chi connectivity index (χ0n) is 11.9. The van der Waals surface area contributed by atoms with Crippen LogP contribution in [0.2, 0.25) is 0 Å². The number of rotatable bonds is 6. The van der Waals surface area contributed by atoms with E-state index in [9.17, 15) is 4.79 Å². The summed E-state index contributed by atoms with van der Waals surface area (Å²) in [7, 11) is 0. The van der Waals surface area contributed by atoms with Crippen LogP contribution in [0, 0.1) is 0 Å². The SMILES string of the molecule is CC(C)OCCC(=O)Nc1nc(-c2cccc(Br)c2)cs1. The molecular weight excluding hydrogens is 352 g/mol. The van der Waals surface area contributed by atoms with Crippen molar-refractivity contribution in [3.8, 4) is 11.3 Å². The van der Waals surface area contributed by atoms with Gasteiger partial charge in [-0.1, -0.05) is 28.1 Å². The number of carbonyl (C=O) groups excluding carboxylic acids is 1. The van der Waals surface area contributed by atoms with Crippen molar-refractivity contribution in [3.63, 3.8) is 0 Å². The molecule has 0 fully saturated rings. The summed E-state index contributed by atoms with van der Waals surface area (Å²) in [5.41, 5.74) is 1.87. The van der Waals surface area contributed by atoms with Crippen molar-refractivity contribution in [2.24, 2.45) is 0 Å². The molecule has 1 aromatic carbocycles. The second-order valence-corrected chi connectivity index (χ2v) is 6.54. The summed E-state index contributed by atoms with van der Waals surface area (Å²) in [4.78, 5) is 16.2. The molecule has 112 valence electrons. The number of halogens is 1. The lowest BCUT2D eigenvalue weighted by Gasteiger charge is -2.06. The van der Waals surface area contributed by atoms with Gasteiger partial charge in [0, 0.05) is 15.4 Å². The Morgan fingerprint density at radius 3 is 3.00 bits per heavy atom. The third kappa shape index (κ3) is 5.22. The van der Waals surface area contributed by atoms with Gasteiger partial charge in [-0.25, -0.2) is 4.98 Å². The smallest absolute Gasteiger partial charge is 0.228 e. The number of carbonyl (C=O) groups is 1. The highest BCUT2D eigenvalue weighted by atomic mass is 79.9. The first kappa shape index (κ1) is 16.1. The van der Waals surface area contributed by atoms with Gasteiger partial charge < -0.3 is 10.1 Å². The molecule has 21 heavy (non-hydrogen) atoms. The third-order valence-corrected chi connectivity index (χ3v) is 3.90. The minimum Gasteiger partial charge on any atom is -0.378 e. The van der Waals surface area contributed by atoms with Crippen LogP contribution in [0.3, 0.4) is 0 Å². The summed E-state index contributed by atoms with van der Waals surface area (Å²) in [6.45, 7) is 4.32. The van der Waals surface area contributed by atoms with Gasteiger partial charge in [0.15, 0.2) is 5.13 Å². The molecule has 0 radical (unpaired) electrons. The van der Waals surface area contributed by atoms with Gasteiger partial charge in [0.25, 0.3) is 0 Å². The van der Waals surface area contributed by atoms with E-state index in [0.29, 0.717) is 18.2 Å². The molecule has 0 bridgehead atoms. The predicted molar refractivity (Wildman–Crippen MR) is 89.6 cm³/mol. The van der Waals surface area contributed by atoms with Crippen LogP contribution in [0.1, 0.15) is 20.3 Å². The van der Waals surface area contributed by atoms with Crippen LogP contribution < -0.4 is 5.32 Å². The maximum atomic E-state index is 11.8. The van der Waals surface area contributed by atoms with Gasteiger partial charge in [-0.3, -0.25) is 4.79 Å². The maximum absolute atomic E-state index is 11.8. The van der Waals surface area contributed by atoms with Crippen molar-refractivity contribution in [2.75, 3.05) is 11.9 Å². The van der Waals surface area contributed by atoms with E-state index in [-0.39, 0.29) is 12.0 Å². The van der Waals surface area contributed by atoms with Crippen molar-refractivity contribution in [1.82, 2.24) is 4.98 Å². The first-order valence-electron chi connectivity index (χ1n) is 6.67. The molecule has 0 atom stereocenters. The molecule has 2 rings (SSSR count). The van der Waals surface area contributed by atoms with Gasteiger partial charge in [0.05, 0.1) is 24.8 Å². The normalized spacial score (nSPS) is 10.9. The topological polar surface area (TPSA) is 51.2 Å². The molecular formula is C15H17BrN2O2S.